The minimum absolute atomic E-state index is 0.0741. The molecule has 124 valence electrons. The van der Waals surface area contributed by atoms with Crippen molar-refractivity contribution in [3.63, 3.8) is 0 Å². The third kappa shape index (κ3) is 4.10. The Morgan fingerprint density at radius 2 is 1.74 bits per heavy atom. The van der Waals surface area contributed by atoms with Crippen LogP contribution in [0.4, 0.5) is 0 Å². The summed E-state index contributed by atoms with van der Waals surface area (Å²) in [6.45, 7) is 4.07. The van der Waals surface area contributed by atoms with Gasteiger partial charge in [-0.25, -0.2) is 13.1 Å². The third-order valence-corrected chi connectivity index (χ3v) is 5.48. The van der Waals surface area contributed by atoms with E-state index in [4.69, 9.17) is 0 Å². The quantitative estimate of drug-likeness (QED) is 0.936. The first-order valence-corrected chi connectivity index (χ1v) is 10.0. The molecule has 0 spiro atoms. The number of fused-ring (bicyclic) bond motifs is 1. The van der Waals surface area contributed by atoms with Crippen molar-refractivity contribution < 1.29 is 8.42 Å². The van der Waals surface area contributed by atoms with Crippen LogP contribution in [0.1, 0.15) is 31.4 Å². The number of nitrogens with zero attached hydrogens (tertiary/aromatic N) is 1. The molecule has 23 heavy (non-hydrogen) atoms. The molecule has 3 rings (SSSR count). The Balaban J connectivity index is 1.67. The van der Waals surface area contributed by atoms with E-state index in [0.717, 1.165) is 25.9 Å². The maximum atomic E-state index is 11.3. The molecule has 0 saturated carbocycles. The van der Waals surface area contributed by atoms with Crippen molar-refractivity contribution in [2.45, 2.75) is 31.8 Å². The summed E-state index contributed by atoms with van der Waals surface area (Å²) in [5.41, 5.74) is 1.32. The summed E-state index contributed by atoms with van der Waals surface area (Å²) in [4.78, 5) is 2.44. The SMILES string of the molecule is C[C@@H](c1ccc2ccccc2c1)N1CCC(NS(C)(=O)=O)CC1. The van der Waals surface area contributed by atoms with Crippen LogP contribution in [0.25, 0.3) is 10.8 Å². The molecule has 0 aliphatic carbocycles. The van der Waals surface area contributed by atoms with Crippen molar-refractivity contribution in [1.82, 2.24) is 9.62 Å². The van der Waals surface area contributed by atoms with Crippen LogP contribution in [0.3, 0.4) is 0 Å². The zero-order chi connectivity index (χ0) is 16.4. The van der Waals surface area contributed by atoms with E-state index in [1.54, 1.807) is 0 Å². The second-order valence-electron chi connectivity index (χ2n) is 6.48. The Hall–Kier alpha value is -1.43. The van der Waals surface area contributed by atoms with E-state index < -0.39 is 10.0 Å². The first-order valence-electron chi connectivity index (χ1n) is 8.12. The lowest BCUT2D eigenvalue weighted by Gasteiger charge is -2.36. The highest BCUT2D eigenvalue weighted by atomic mass is 32.2. The highest BCUT2D eigenvalue weighted by molar-refractivity contribution is 7.88. The number of nitrogens with one attached hydrogen (secondary N) is 1. The van der Waals surface area contributed by atoms with Crippen LogP contribution < -0.4 is 4.72 Å². The second kappa shape index (κ2) is 6.59. The number of likely N-dealkylation sites (tertiary alicyclic amines) is 1. The van der Waals surface area contributed by atoms with Gasteiger partial charge in [0.2, 0.25) is 10.0 Å². The van der Waals surface area contributed by atoms with Crippen molar-refractivity contribution in [3.05, 3.63) is 48.0 Å². The van der Waals surface area contributed by atoms with Crippen LogP contribution in [0.5, 0.6) is 0 Å². The van der Waals surface area contributed by atoms with Crippen molar-refractivity contribution in [2.24, 2.45) is 0 Å². The van der Waals surface area contributed by atoms with Gasteiger partial charge >= 0.3 is 0 Å². The molecule has 0 radical (unpaired) electrons. The first kappa shape index (κ1) is 16.4. The van der Waals surface area contributed by atoms with Gasteiger partial charge in [-0.2, -0.15) is 0 Å². The van der Waals surface area contributed by atoms with Crippen molar-refractivity contribution in [1.29, 1.82) is 0 Å². The standard InChI is InChI=1S/C18H24N2O2S/c1-14(16-8-7-15-5-3-4-6-17(15)13-16)20-11-9-18(10-12-20)19-23(2,21)22/h3-8,13-14,18-19H,9-12H2,1-2H3/t14-/m0/s1. The number of hydrogen-bond donors (Lipinski definition) is 1. The average molecular weight is 332 g/mol. The van der Waals surface area contributed by atoms with Gasteiger partial charge in [0.25, 0.3) is 0 Å². The average Bonchev–Trinajstić information content (AvgIpc) is 2.53. The molecule has 1 atom stereocenters. The number of sulfonamides is 1. The molecule has 1 heterocycles. The van der Waals surface area contributed by atoms with Gasteiger partial charge in [0.15, 0.2) is 0 Å². The molecule has 0 aromatic heterocycles. The molecular weight excluding hydrogens is 308 g/mol. The summed E-state index contributed by atoms with van der Waals surface area (Å²) in [6.07, 6.45) is 2.97. The molecule has 1 aliphatic rings. The topological polar surface area (TPSA) is 49.4 Å². The molecule has 1 fully saturated rings. The second-order valence-corrected chi connectivity index (χ2v) is 8.26. The summed E-state index contributed by atoms with van der Waals surface area (Å²) < 4.78 is 25.4. The maximum Gasteiger partial charge on any atom is 0.208 e. The Morgan fingerprint density at radius 1 is 1.09 bits per heavy atom. The molecule has 4 nitrogen and oxygen atoms in total. The van der Waals surface area contributed by atoms with Gasteiger partial charge in [-0.15, -0.1) is 0 Å². The van der Waals surface area contributed by atoms with Crippen LogP contribution in [-0.4, -0.2) is 38.7 Å². The number of benzene rings is 2. The summed E-state index contributed by atoms with van der Waals surface area (Å²) in [5.74, 6) is 0. The van der Waals surface area contributed by atoms with Gasteiger partial charge < -0.3 is 0 Å². The van der Waals surface area contributed by atoms with E-state index in [1.165, 1.54) is 22.6 Å². The van der Waals surface area contributed by atoms with Crippen molar-refractivity contribution in [3.8, 4) is 0 Å². The number of piperidine rings is 1. The lowest BCUT2D eigenvalue weighted by atomic mass is 9.98. The molecular formula is C18H24N2O2S. The van der Waals surface area contributed by atoms with Gasteiger partial charge in [0, 0.05) is 25.2 Å². The lowest BCUT2D eigenvalue weighted by molar-refractivity contribution is 0.159. The predicted molar refractivity (Wildman–Crippen MR) is 94.9 cm³/mol. The van der Waals surface area contributed by atoms with Crippen molar-refractivity contribution in [2.75, 3.05) is 19.3 Å². The van der Waals surface area contributed by atoms with Crippen molar-refractivity contribution >= 4 is 20.8 Å². The van der Waals surface area contributed by atoms with Crippen LogP contribution in [0, 0.1) is 0 Å². The Kier molecular flexibility index (Phi) is 4.71. The monoisotopic (exact) mass is 332 g/mol. The minimum Gasteiger partial charge on any atom is -0.296 e. The smallest absolute Gasteiger partial charge is 0.208 e. The maximum absolute atomic E-state index is 11.3. The van der Waals surface area contributed by atoms with Crippen LogP contribution in [0.2, 0.25) is 0 Å². The van der Waals surface area contributed by atoms with E-state index in [9.17, 15) is 8.42 Å². The van der Waals surface area contributed by atoms with Crippen LogP contribution in [0.15, 0.2) is 42.5 Å². The molecule has 0 bridgehead atoms. The highest BCUT2D eigenvalue weighted by Crippen LogP contribution is 2.27. The van der Waals surface area contributed by atoms with Crippen LogP contribution in [-0.2, 0) is 10.0 Å². The fourth-order valence-corrected chi connectivity index (χ4v) is 4.23. The van der Waals surface area contributed by atoms with E-state index in [-0.39, 0.29) is 6.04 Å². The summed E-state index contributed by atoms with van der Waals surface area (Å²) in [5, 5.41) is 2.53. The zero-order valence-corrected chi connectivity index (χ0v) is 14.5. The fraction of sp³-hybridized carbons (Fsp3) is 0.444. The van der Waals surface area contributed by atoms with Gasteiger partial charge in [-0.05, 0) is 42.2 Å². The van der Waals surface area contributed by atoms with E-state index in [2.05, 4.69) is 59.0 Å². The molecule has 0 amide bonds. The number of rotatable bonds is 4. The summed E-state index contributed by atoms with van der Waals surface area (Å²) in [6, 6.07) is 15.5. The molecule has 5 heteroatoms. The van der Waals surface area contributed by atoms with Gasteiger partial charge in [0.1, 0.15) is 0 Å². The highest BCUT2D eigenvalue weighted by Gasteiger charge is 2.25. The first-order chi connectivity index (χ1) is 10.9. The number of hydrogen-bond acceptors (Lipinski definition) is 3. The minimum atomic E-state index is -3.11. The summed E-state index contributed by atoms with van der Waals surface area (Å²) in [7, 11) is -3.11. The third-order valence-electron chi connectivity index (χ3n) is 4.71. The zero-order valence-electron chi connectivity index (χ0n) is 13.7. The van der Waals surface area contributed by atoms with Gasteiger partial charge in [-0.3, -0.25) is 4.90 Å². The lowest BCUT2D eigenvalue weighted by Crippen LogP contribution is -2.44. The molecule has 1 saturated heterocycles. The Bertz CT molecular complexity index is 780. The molecule has 1 aliphatic heterocycles. The van der Waals surface area contributed by atoms with Gasteiger partial charge in [-0.1, -0.05) is 36.4 Å². The predicted octanol–water partition coefficient (Wildman–Crippen LogP) is 2.91. The Labute approximate surface area is 138 Å². The van der Waals surface area contributed by atoms with Gasteiger partial charge in [0.05, 0.1) is 6.26 Å². The van der Waals surface area contributed by atoms with E-state index >= 15 is 0 Å². The van der Waals surface area contributed by atoms with E-state index in [0.29, 0.717) is 6.04 Å². The Morgan fingerprint density at radius 3 is 2.39 bits per heavy atom. The molecule has 1 N–H and O–H groups in total. The van der Waals surface area contributed by atoms with E-state index in [1.807, 2.05) is 0 Å². The fourth-order valence-electron chi connectivity index (χ4n) is 3.39. The molecule has 2 aromatic rings. The molecule has 2 aromatic carbocycles. The summed E-state index contributed by atoms with van der Waals surface area (Å²) >= 11 is 0. The molecule has 0 unspecified atom stereocenters. The largest absolute Gasteiger partial charge is 0.296 e. The van der Waals surface area contributed by atoms with Crippen LogP contribution >= 0.6 is 0 Å². The normalized spacial score (nSPS) is 19.0.